The molecule has 1 aliphatic heterocycles. The molecule has 1 fully saturated rings. The SMILES string of the molecule is O=S(=O)(NCCOC1CCNCC1)c1cccc(Br)c1. The molecule has 1 aliphatic rings. The number of piperidine rings is 1. The largest absolute Gasteiger partial charge is 0.377 e. The van der Waals surface area contributed by atoms with Crippen LogP contribution in [0.1, 0.15) is 12.8 Å². The van der Waals surface area contributed by atoms with Crippen molar-refractivity contribution in [2.45, 2.75) is 23.8 Å². The highest BCUT2D eigenvalue weighted by molar-refractivity contribution is 9.10. The highest BCUT2D eigenvalue weighted by Gasteiger charge is 2.15. The number of hydrogen-bond donors (Lipinski definition) is 2. The summed E-state index contributed by atoms with van der Waals surface area (Å²) < 4.78 is 33.0. The zero-order valence-electron chi connectivity index (χ0n) is 11.1. The van der Waals surface area contributed by atoms with Crippen LogP contribution in [0, 0.1) is 0 Å². The van der Waals surface area contributed by atoms with Gasteiger partial charge in [-0.25, -0.2) is 13.1 Å². The predicted octanol–water partition coefficient (Wildman–Crippen LogP) is 1.50. The number of rotatable bonds is 6. The number of sulfonamides is 1. The van der Waals surface area contributed by atoms with Gasteiger partial charge in [0, 0.05) is 11.0 Å². The quantitative estimate of drug-likeness (QED) is 0.752. The Balaban J connectivity index is 1.78. The fourth-order valence-electron chi connectivity index (χ4n) is 2.08. The molecule has 5 nitrogen and oxygen atoms in total. The Bertz CT molecular complexity index is 530. The molecule has 0 aromatic heterocycles. The third kappa shape index (κ3) is 4.82. The lowest BCUT2D eigenvalue weighted by molar-refractivity contribution is 0.0367. The van der Waals surface area contributed by atoms with Gasteiger partial charge in [0.25, 0.3) is 0 Å². The molecule has 0 amide bonds. The number of benzene rings is 1. The summed E-state index contributed by atoms with van der Waals surface area (Å²) in [7, 11) is -3.46. The smallest absolute Gasteiger partial charge is 0.240 e. The zero-order chi connectivity index (χ0) is 14.4. The Kier molecular flexibility index (Phi) is 5.98. The van der Waals surface area contributed by atoms with Crippen molar-refractivity contribution in [3.05, 3.63) is 28.7 Å². The maximum Gasteiger partial charge on any atom is 0.240 e. The van der Waals surface area contributed by atoms with Crippen molar-refractivity contribution in [2.75, 3.05) is 26.2 Å². The molecule has 2 rings (SSSR count). The minimum absolute atomic E-state index is 0.242. The second kappa shape index (κ2) is 7.51. The number of halogens is 1. The van der Waals surface area contributed by atoms with Crippen molar-refractivity contribution in [2.24, 2.45) is 0 Å². The third-order valence-corrected chi connectivity index (χ3v) is 5.09. The van der Waals surface area contributed by atoms with Gasteiger partial charge in [-0.15, -0.1) is 0 Å². The highest BCUT2D eigenvalue weighted by atomic mass is 79.9. The fraction of sp³-hybridized carbons (Fsp3) is 0.538. The van der Waals surface area contributed by atoms with Crippen molar-refractivity contribution in [3.8, 4) is 0 Å². The van der Waals surface area contributed by atoms with E-state index in [1.165, 1.54) is 0 Å². The van der Waals surface area contributed by atoms with Gasteiger partial charge in [-0.1, -0.05) is 22.0 Å². The monoisotopic (exact) mass is 362 g/mol. The molecule has 1 aromatic carbocycles. The van der Waals surface area contributed by atoms with Crippen LogP contribution in [0.3, 0.4) is 0 Å². The van der Waals surface area contributed by atoms with Crippen LogP contribution in [0.2, 0.25) is 0 Å². The average Bonchev–Trinajstić information content (AvgIpc) is 2.45. The van der Waals surface area contributed by atoms with Gasteiger partial charge in [0.05, 0.1) is 17.6 Å². The highest BCUT2D eigenvalue weighted by Crippen LogP contribution is 2.15. The summed E-state index contributed by atoms with van der Waals surface area (Å²) in [5.41, 5.74) is 0. The molecule has 0 saturated carbocycles. The molecular weight excluding hydrogens is 344 g/mol. The summed E-state index contributed by atoms with van der Waals surface area (Å²) in [6.45, 7) is 2.62. The minimum Gasteiger partial charge on any atom is -0.377 e. The summed E-state index contributed by atoms with van der Waals surface area (Å²) in [4.78, 5) is 0.258. The maximum absolute atomic E-state index is 12.0. The Morgan fingerprint density at radius 2 is 2.10 bits per heavy atom. The lowest BCUT2D eigenvalue weighted by Crippen LogP contribution is -2.34. The van der Waals surface area contributed by atoms with Gasteiger partial charge in [0.2, 0.25) is 10.0 Å². The van der Waals surface area contributed by atoms with Crippen LogP contribution >= 0.6 is 15.9 Å². The Morgan fingerprint density at radius 3 is 2.80 bits per heavy atom. The topological polar surface area (TPSA) is 67.4 Å². The van der Waals surface area contributed by atoms with Crippen LogP contribution in [0.4, 0.5) is 0 Å². The molecule has 0 spiro atoms. The van der Waals surface area contributed by atoms with Gasteiger partial charge in [-0.05, 0) is 44.1 Å². The van der Waals surface area contributed by atoms with E-state index in [1.54, 1.807) is 24.3 Å². The molecule has 0 bridgehead atoms. The molecule has 1 heterocycles. The molecule has 2 N–H and O–H groups in total. The second-order valence-electron chi connectivity index (χ2n) is 4.68. The first kappa shape index (κ1) is 15.9. The van der Waals surface area contributed by atoms with E-state index in [-0.39, 0.29) is 11.0 Å². The summed E-state index contributed by atoms with van der Waals surface area (Å²) in [6, 6.07) is 6.64. The van der Waals surface area contributed by atoms with E-state index >= 15 is 0 Å². The van der Waals surface area contributed by atoms with Gasteiger partial charge in [-0.3, -0.25) is 0 Å². The van der Waals surface area contributed by atoms with Gasteiger partial charge in [0.15, 0.2) is 0 Å². The number of ether oxygens (including phenoxy) is 1. The third-order valence-electron chi connectivity index (χ3n) is 3.14. The van der Waals surface area contributed by atoms with Gasteiger partial charge in [0.1, 0.15) is 0 Å². The van der Waals surface area contributed by atoms with Crippen LogP contribution in [0.5, 0.6) is 0 Å². The molecule has 0 radical (unpaired) electrons. The van der Waals surface area contributed by atoms with Crippen molar-refractivity contribution in [1.82, 2.24) is 10.0 Å². The summed E-state index contributed by atoms with van der Waals surface area (Å²) in [6.07, 6.45) is 2.21. The average molecular weight is 363 g/mol. The molecule has 20 heavy (non-hydrogen) atoms. The molecule has 1 saturated heterocycles. The van der Waals surface area contributed by atoms with E-state index in [1.807, 2.05) is 0 Å². The van der Waals surface area contributed by atoms with Crippen LogP contribution in [-0.4, -0.2) is 40.8 Å². The van der Waals surface area contributed by atoms with E-state index in [0.29, 0.717) is 13.2 Å². The van der Waals surface area contributed by atoms with E-state index in [9.17, 15) is 8.42 Å². The number of hydrogen-bond acceptors (Lipinski definition) is 4. The van der Waals surface area contributed by atoms with Crippen LogP contribution in [-0.2, 0) is 14.8 Å². The summed E-state index contributed by atoms with van der Waals surface area (Å²) >= 11 is 3.27. The van der Waals surface area contributed by atoms with E-state index in [0.717, 1.165) is 30.4 Å². The van der Waals surface area contributed by atoms with Crippen LogP contribution in [0.25, 0.3) is 0 Å². The second-order valence-corrected chi connectivity index (χ2v) is 7.36. The van der Waals surface area contributed by atoms with E-state index in [2.05, 4.69) is 26.0 Å². The normalized spacial score (nSPS) is 17.2. The van der Waals surface area contributed by atoms with Crippen molar-refractivity contribution in [3.63, 3.8) is 0 Å². The standard InChI is InChI=1S/C13H19BrN2O3S/c14-11-2-1-3-13(10-11)20(17,18)16-8-9-19-12-4-6-15-7-5-12/h1-3,10,12,15-16H,4-9H2. The van der Waals surface area contributed by atoms with Gasteiger partial charge in [-0.2, -0.15) is 0 Å². The molecule has 0 aliphatic carbocycles. The van der Waals surface area contributed by atoms with Crippen LogP contribution < -0.4 is 10.0 Å². The predicted molar refractivity (Wildman–Crippen MR) is 81.2 cm³/mol. The van der Waals surface area contributed by atoms with Crippen molar-refractivity contribution in [1.29, 1.82) is 0 Å². The Labute approximate surface area is 128 Å². The lowest BCUT2D eigenvalue weighted by Gasteiger charge is -2.22. The Hall–Kier alpha value is -0.470. The first-order valence-electron chi connectivity index (χ1n) is 6.65. The molecule has 112 valence electrons. The van der Waals surface area contributed by atoms with Crippen LogP contribution in [0.15, 0.2) is 33.6 Å². The first-order chi connectivity index (χ1) is 9.58. The molecule has 0 unspecified atom stereocenters. The fourth-order valence-corrected chi connectivity index (χ4v) is 3.69. The van der Waals surface area contributed by atoms with Gasteiger partial charge >= 0.3 is 0 Å². The van der Waals surface area contributed by atoms with E-state index < -0.39 is 10.0 Å². The zero-order valence-corrected chi connectivity index (χ0v) is 13.5. The molecular formula is C13H19BrN2O3S. The Morgan fingerprint density at radius 1 is 1.35 bits per heavy atom. The minimum atomic E-state index is -3.46. The molecule has 7 heteroatoms. The number of nitrogens with one attached hydrogen (secondary N) is 2. The molecule has 0 atom stereocenters. The summed E-state index contributed by atoms with van der Waals surface area (Å²) in [5, 5.41) is 3.26. The van der Waals surface area contributed by atoms with Crippen molar-refractivity contribution >= 4 is 26.0 Å². The first-order valence-corrected chi connectivity index (χ1v) is 8.93. The lowest BCUT2D eigenvalue weighted by atomic mass is 10.1. The summed E-state index contributed by atoms with van der Waals surface area (Å²) in [5.74, 6) is 0. The molecule has 1 aromatic rings. The maximum atomic E-state index is 12.0. The van der Waals surface area contributed by atoms with Gasteiger partial charge < -0.3 is 10.1 Å². The van der Waals surface area contributed by atoms with Crippen molar-refractivity contribution < 1.29 is 13.2 Å². The van der Waals surface area contributed by atoms with E-state index in [4.69, 9.17) is 4.74 Å².